The maximum absolute atomic E-state index is 13.2. The SMILES string of the molecule is Cc1cc(NC(=O)C(c2ccccc2)N2CCOC(c3ccccc3)C2)no1. The van der Waals surface area contributed by atoms with E-state index in [-0.39, 0.29) is 12.0 Å². The number of benzene rings is 2. The van der Waals surface area contributed by atoms with E-state index in [0.717, 1.165) is 11.1 Å². The monoisotopic (exact) mass is 377 g/mol. The lowest BCUT2D eigenvalue weighted by atomic mass is 10.0. The Morgan fingerprint density at radius 2 is 1.86 bits per heavy atom. The van der Waals surface area contributed by atoms with Crippen molar-refractivity contribution >= 4 is 11.7 Å². The number of ether oxygens (including phenoxy) is 1. The van der Waals surface area contributed by atoms with Crippen LogP contribution >= 0.6 is 0 Å². The minimum absolute atomic E-state index is 0.0664. The molecule has 28 heavy (non-hydrogen) atoms. The molecular weight excluding hydrogens is 354 g/mol. The minimum Gasteiger partial charge on any atom is -0.371 e. The van der Waals surface area contributed by atoms with E-state index in [0.29, 0.717) is 31.3 Å². The highest BCUT2D eigenvalue weighted by atomic mass is 16.5. The van der Waals surface area contributed by atoms with E-state index < -0.39 is 6.04 Å². The van der Waals surface area contributed by atoms with E-state index in [9.17, 15) is 4.79 Å². The number of nitrogens with zero attached hydrogens (tertiary/aromatic N) is 2. The summed E-state index contributed by atoms with van der Waals surface area (Å²) in [6.45, 7) is 3.67. The van der Waals surface area contributed by atoms with Crippen LogP contribution in [0.15, 0.2) is 71.3 Å². The molecule has 2 heterocycles. The van der Waals surface area contributed by atoms with Crippen molar-refractivity contribution < 1.29 is 14.1 Å². The quantitative estimate of drug-likeness (QED) is 0.734. The summed E-state index contributed by atoms with van der Waals surface area (Å²) in [7, 11) is 0. The predicted octanol–water partition coefficient (Wildman–Crippen LogP) is 3.74. The van der Waals surface area contributed by atoms with Crippen molar-refractivity contribution in [2.75, 3.05) is 25.0 Å². The highest BCUT2D eigenvalue weighted by molar-refractivity contribution is 5.94. The van der Waals surface area contributed by atoms with Crippen molar-refractivity contribution in [3.63, 3.8) is 0 Å². The summed E-state index contributed by atoms with van der Waals surface area (Å²) >= 11 is 0. The molecule has 3 aromatic rings. The number of anilines is 1. The summed E-state index contributed by atoms with van der Waals surface area (Å²) in [5.74, 6) is 0.951. The molecule has 0 bridgehead atoms. The Labute approximate surface area is 164 Å². The van der Waals surface area contributed by atoms with Crippen LogP contribution < -0.4 is 5.32 Å². The highest BCUT2D eigenvalue weighted by Gasteiger charge is 2.33. The number of rotatable bonds is 5. The normalized spacial score (nSPS) is 18.5. The fourth-order valence-electron chi connectivity index (χ4n) is 3.56. The second-order valence-electron chi connectivity index (χ2n) is 6.89. The van der Waals surface area contributed by atoms with Gasteiger partial charge in [0.15, 0.2) is 5.82 Å². The molecule has 0 saturated carbocycles. The molecular formula is C22H23N3O3. The van der Waals surface area contributed by atoms with Crippen LogP contribution in [0.5, 0.6) is 0 Å². The van der Waals surface area contributed by atoms with Crippen LogP contribution in [-0.4, -0.2) is 35.7 Å². The van der Waals surface area contributed by atoms with Gasteiger partial charge >= 0.3 is 0 Å². The molecule has 1 aromatic heterocycles. The Balaban J connectivity index is 1.58. The molecule has 2 atom stereocenters. The van der Waals surface area contributed by atoms with Crippen molar-refractivity contribution in [2.24, 2.45) is 0 Å². The summed E-state index contributed by atoms with van der Waals surface area (Å²) in [6, 6.07) is 21.2. The van der Waals surface area contributed by atoms with Gasteiger partial charge in [0, 0.05) is 19.2 Å². The zero-order valence-electron chi connectivity index (χ0n) is 15.7. The topological polar surface area (TPSA) is 67.6 Å². The van der Waals surface area contributed by atoms with E-state index in [1.807, 2.05) is 48.5 Å². The second-order valence-corrected chi connectivity index (χ2v) is 6.89. The Kier molecular flexibility index (Phi) is 5.50. The largest absolute Gasteiger partial charge is 0.371 e. The fraction of sp³-hybridized carbons (Fsp3) is 0.273. The molecule has 6 heteroatoms. The number of aryl methyl sites for hydroxylation is 1. The van der Waals surface area contributed by atoms with Crippen molar-refractivity contribution in [1.82, 2.24) is 10.1 Å². The van der Waals surface area contributed by atoms with Gasteiger partial charge in [0.05, 0.1) is 12.7 Å². The van der Waals surface area contributed by atoms with E-state index >= 15 is 0 Å². The van der Waals surface area contributed by atoms with Gasteiger partial charge in [-0.2, -0.15) is 0 Å². The first-order valence-electron chi connectivity index (χ1n) is 9.40. The molecule has 1 aliphatic rings. The summed E-state index contributed by atoms with van der Waals surface area (Å²) in [6.07, 6.45) is -0.0664. The van der Waals surface area contributed by atoms with E-state index in [2.05, 4.69) is 27.5 Å². The summed E-state index contributed by atoms with van der Waals surface area (Å²) in [5.41, 5.74) is 2.06. The van der Waals surface area contributed by atoms with E-state index in [1.165, 1.54) is 0 Å². The number of carbonyl (C=O) groups excluding carboxylic acids is 1. The Morgan fingerprint density at radius 1 is 1.14 bits per heavy atom. The molecule has 1 amide bonds. The van der Waals surface area contributed by atoms with Crippen molar-refractivity contribution in [2.45, 2.75) is 19.1 Å². The van der Waals surface area contributed by atoms with Crippen molar-refractivity contribution in [1.29, 1.82) is 0 Å². The lowest BCUT2D eigenvalue weighted by molar-refractivity contribution is -0.125. The molecule has 6 nitrogen and oxygen atoms in total. The first-order valence-corrected chi connectivity index (χ1v) is 9.40. The van der Waals surface area contributed by atoms with Crippen LogP contribution in [0.3, 0.4) is 0 Å². The van der Waals surface area contributed by atoms with Gasteiger partial charge in [-0.05, 0) is 18.1 Å². The number of hydrogen-bond acceptors (Lipinski definition) is 5. The molecule has 1 fully saturated rings. The zero-order chi connectivity index (χ0) is 19.3. The Morgan fingerprint density at radius 3 is 2.54 bits per heavy atom. The molecule has 4 rings (SSSR count). The highest BCUT2D eigenvalue weighted by Crippen LogP contribution is 2.29. The first-order chi connectivity index (χ1) is 13.7. The van der Waals surface area contributed by atoms with Crippen LogP contribution in [0.4, 0.5) is 5.82 Å². The fourth-order valence-corrected chi connectivity index (χ4v) is 3.56. The number of aromatic nitrogens is 1. The third-order valence-corrected chi connectivity index (χ3v) is 4.88. The van der Waals surface area contributed by atoms with Gasteiger partial charge in [0.1, 0.15) is 11.8 Å². The summed E-state index contributed by atoms with van der Waals surface area (Å²) in [5, 5.41) is 6.78. The van der Waals surface area contributed by atoms with Crippen LogP contribution in [0.1, 0.15) is 29.0 Å². The number of carbonyl (C=O) groups is 1. The molecule has 1 aliphatic heterocycles. The van der Waals surface area contributed by atoms with Gasteiger partial charge < -0.3 is 14.6 Å². The average Bonchev–Trinajstić information content (AvgIpc) is 3.14. The van der Waals surface area contributed by atoms with Crippen molar-refractivity contribution in [3.8, 4) is 0 Å². The lowest BCUT2D eigenvalue weighted by Gasteiger charge is -2.37. The molecule has 2 aromatic carbocycles. The van der Waals surface area contributed by atoms with Gasteiger partial charge in [-0.1, -0.05) is 65.8 Å². The average molecular weight is 377 g/mol. The molecule has 1 saturated heterocycles. The number of nitrogens with one attached hydrogen (secondary N) is 1. The zero-order valence-corrected chi connectivity index (χ0v) is 15.7. The maximum Gasteiger partial charge on any atom is 0.247 e. The lowest BCUT2D eigenvalue weighted by Crippen LogP contribution is -2.45. The summed E-state index contributed by atoms with van der Waals surface area (Å²) < 4.78 is 11.1. The number of hydrogen-bond donors (Lipinski definition) is 1. The third kappa shape index (κ3) is 4.13. The van der Waals surface area contributed by atoms with Gasteiger partial charge in [-0.3, -0.25) is 9.69 Å². The smallest absolute Gasteiger partial charge is 0.247 e. The number of morpholine rings is 1. The van der Waals surface area contributed by atoms with Crippen molar-refractivity contribution in [3.05, 3.63) is 83.6 Å². The number of amides is 1. The van der Waals surface area contributed by atoms with Gasteiger partial charge in [-0.15, -0.1) is 0 Å². The van der Waals surface area contributed by atoms with Gasteiger partial charge in [0.25, 0.3) is 0 Å². The standard InChI is InChI=1S/C22H23N3O3/c1-16-14-20(24-28-16)23-22(26)21(18-10-6-3-7-11-18)25-12-13-27-19(15-25)17-8-4-2-5-9-17/h2-11,14,19,21H,12-13,15H2,1H3,(H,23,24,26). The van der Waals surface area contributed by atoms with Gasteiger partial charge in [0.2, 0.25) is 5.91 Å². The molecule has 1 N–H and O–H groups in total. The van der Waals surface area contributed by atoms with Gasteiger partial charge in [-0.25, -0.2) is 0 Å². The molecule has 2 unspecified atom stereocenters. The molecule has 144 valence electrons. The van der Waals surface area contributed by atoms with E-state index in [4.69, 9.17) is 9.26 Å². The van der Waals surface area contributed by atoms with Crippen LogP contribution in [0.2, 0.25) is 0 Å². The molecule has 0 radical (unpaired) electrons. The second kappa shape index (κ2) is 8.37. The maximum atomic E-state index is 13.2. The minimum atomic E-state index is -0.437. The van der Waals surface area contributed by atoms with Crippen LogP contribution in [0.25, 0.3) is 0 Å². The van der Waals surface area contributed by atoms with Crippen LogP contribution in [-0.2, 0) is 9.53 Å². The van der Waals surface area contributed by atoms with E-state index in [1.54, 1.807) is 13.0 Å². The van der Waals surface area contributed by atoms with Crippen LogP contribution in [0, 0.1) is 6.92 Å². The first kappa shape index (κ1) is 18.4. The summed E-state index contributed by atoms with van der Waals surface area (Å²) in [4.78, 5) is 15.4. The third-order valence-electron chi connectivity index (χ3n) is 4.88. The molecule has 0 aliphatic carbocycles. The Hall–Kier alpha value is -2.96. The predicted molar refractivity (Wildman–Crippen MR) is 106 cm³/mol. The Bertz CT molecular complexity index is 911. The molecule has 0 spiro atoms.